The van der Waals surface area contributed by atoms with Crippen molar-refractivity contribution in [2.75, 3.05) is 24.6 Å². The van der Waals surface area contributed by atoms with E-state index in [0.717, 1.165) is 67.6 Å². The largest absolute Gasteiger partial charge is 0.484 e. The molecule has 2 heterocycles. The van der Waals surface area contributed by atoms with Crippen LogP contribution in [0, 0.1) is 5.92 Å². The van der Waals surface area contributed by atoms with Crippen molar-refractivity contribution >= 4 is 17.5 Å². The smallest absolute Gasteiger partial charge is 0.264 e. The van der Waals surface area contributed by atoms with Crippen LogP contribution in [-0.4, -0.2) is 36.7 Å². The van der Waals surface area contributed by atoms with Crippen LogP contribution in [0.1, 0.15) is 73.1 Å². The van der Waals surface area contributed by atoms with E-state index in [-0.39, 0.29) is 18.4 Å². The van der Waals surface area contributed by atoms with Crippen LogP contribution in [0.5, 0.6) is 5.75 Å². The number of carbonyl (C=O) groups is 2. The summed E-state index contributed by atoms with van der Waals surface area (Å²) < 4.78 is 10.9. The lowest BCUT2D eigenvalue weighted by Crippen LogP contribution is -2.37. The maximum absolute atomic E-state index is 13.4. The Balaban J connectivity index is 1.51. The highest BCUT2D eigenvalue weighted by molar-refractivity contribution is 5.98. The van der Waals surface area contributed by atoms with Crippen LogP contribution in [0.4, 0.5) is 5.69 Å². The summed E-state index contributed by atoms with van der Waals surface area (Å²) in [6, 6.07) is 15.0. The normalized spacial score (nSPS) is 14.7. The molecule has 4 rings (SSSR count). The second-order valence-electron chi connectivity index (χ2n) is 10.5. The predicted molar refractivity (Wildman–Crippen MR) is 152 cm³/mol. The summed E-state index contributed by atoms with van der Waals surface area (Å²) in [6.07, 6.45) is 7.81. The van der Waals surface area contributed by atoms with Gasteiger partial charge < -0.3 is 24.8 Å². The van der Waals surface area contributed by atoms with Crippen molar-refractivity contribution in [3.8, 4) is 5.75 Å². The molecule has 0 fully saturated rings. The van der Waals surface area contributed by atoms with Gasteiger partial charge in [-0.15, -0.1) is 0 Å². The molecule has 1 aliphatic heterocycles. The number of rotatable bonds is 8. The van der Waals surface area contributed by atoms with Gasteiger partial charge >= 0.3 is 0 Å². The topological polar surface area (TPSA) is 96.7 Å². The van der Waals surface area contributed by atoms with Crippen molar-refractivity contribution in [3.05, 3.63) is 77.2 Å². The van der Waals surface area contributed by atoms with Crippen LogP contribution in [0.3, 0.4) is 0 Å². The average molecular weight is 533 g/mol. The van der Waals surface area contributed by atoms with Gasteiger partial charge in [0.1, 0.15) is 12.0 Å². The highest BCUT2D eigenvalue weighted by atomic mass is 16.5. The molecule has 2 amide bonds. The minimum atomic E-state index is -0.175. The molecule has 0 radical (unpaired) electrons. The van der Waals surface area contributed by atoms with Crippen molar-refractivity contribution in [1.29, 1.82) is 0 Å². The number of anilines is 1. The highest BCUT2D eigenvalue weighted by Gasteiger charge is 2.21. The van der Waals surface area contributed by atoms with E-state index in [2.05, 4.69) is 29.6 Å². The van der Waals surface area contributed by atoms with Crippen LogP contribution in [0.15, 0.2) is 59.3 Å². The van der Waals surface area contributed by atoms with Gasteiger partial charge in [-0.2, -0.15) is 0 Å². The molecule has 0 spiro atoms. The van der Waals surface area contributed by atoms with E-state index in [0.29, 0.717) is 36.9 Å². The molecule has 0 bridgehead atoms. The zero-order chi connectivity index (χ0) is 27.5. The Morgan fingerprint density at radius 2 is 1.87 bits per heavy atom. The molecule has 0 atom stereocenters. The fraction of sp³-hybridized carbons (Fsp3) is 0.452. The number of benzene rings is 2. The minimum Gasteiger partial charge on any atom is -0.484 e. The molecule has 2 aromatic carbocycles. The number of nitrogens with zero attached hydrogens (tertiary/aromatic N) is 2. The van der Waals surface area contributed by atoms with Crippen molar-refractivity contribution in [1.82, 2.24) is 15.8 Å². The summed E-state index contributed by atoms with van der Waals surface area (Å²) in [6.45, 7) is 6.63. The van der Waals surface area contributed by atoms with Gasteiger partial charge in [-0.25, -0.2) is 0 Å². The fourth-order valence-corrected chi connectivity index (χ4v) is 4.78. The summed E-state index contributed by atoms with van der Waals surface area (Å²) in [5, 5.41) is 10.6. The number of para-hydroxylation sites is 1. The van der Waals surface area contributed by atoms with Gasteiger partial charge in [-0.3, -0.25) is 9.59 Å². The maximum Gasteiger partial charge on any atom is 0.264 e. The fourth-order valence-electron chi connectivity index (χ4n) is 4.78. The lowest BCUT2D eigenvalue weighted by molar-refractivity contribution is -0.120. The van der Waals surface area contributed by atoms with Crippen LogP contribution in [-0.2, 0) is 24.3 Å². The zero-order valence-electron chi connectivity index (χ0n) is 23.1. The number of ether oxygens (including phenoxy) is 1. The summed E-state index contributed by atoms with van der Waals surface area (Å²) in [7, 11) is 0. The lowest BCUT2D eigenvalue weighted by Gasteiger charge is -2.26. The van der Waals surface area contributed by atoms with E-state index < -0.39 is 0 Å². The summed E-state index contributed by atoms with van der Waals surface area (Å²) in [5.74, 6) is 0.833. The third-order valence-corrected chi connectivity index (χ3v) is 6.86. The Kier molecular flexibility index (Phi) is 10.5. The van der Waals surface area contributed by atoms with Crippen LogP contribution < -0.4 is 20.3 Å². The Bertz CT molecular complexity index is 1210. The molecule has 0 aliphatic carbocycles. The molecule has 1 aliphatic rings. The molecule has 8 heteroatoms. The molecular formula is C31H40N4O4. The van der Waals surface area contributed by atoms with Crippen molar-refractivity contribution in [2.45, 2.75) is 65.5 Å². The third kappa shape index (κ3) is 8.42. The maximum atomic E-state index is 13.4. The zero-order valence-corrected chi connectivity index (χ0v) is 23.1. The number of hydrogen-bond donors (Lipinski definition) is 2. The van der Waals surface area contributed by atoms with Crippen LogP contribution in [0.25, 0.3) is 0 Å². The summed E-state index contributed by atoms with van der Waals surface area (Å²) >= 11 is 0. The molecule has 1 aromatic heterocycles. The first kappa shape index (κ1) is 28.4. The first-order valence-electron chi connectivity index (χ1n) is 14.0. The number of nitrogens with one attached hydrogen (secondary N) is 2. The van der Waals surface area contributed by atoms with Crippen LogP contribution in [0.2, 0.25) is 0 Å². The molecule has 0 unspecified atom stereocenters. The predicted octanol–water partition coefficient (Wildman–Crippen LogP) is 5.27. The second kappa shape index (κ2) is 14.5. The van der Waals surface area contributed by atoms with E-state index in [4.69, 9.17) is 9.26 Å². The lowest BCUT2D eigenvalue weighted by atomic mass is 10.0. The molecule has 0 saturated carbocycles. The van der Waals surface area contributed by atoms with E-state index in [1.54, 1.807) is 12.3 Å². The quantitative estimate of drug-likeness (QED) is 0.410. The van der Waals surface area contributed by atoms with Crippen LogP contribution >= 0.6 is 0 Å². The van der Waals surface area contributed by atoms with E-state index >= 15 is 0 Å². The van der Waals surface area contributed by atoms with Gasteiger partial charge in [0, 0.05) is 36.4 Å². The minimum absolute atomic E-state index is 0.0451. The highest BCUT2D eigenvalue weighted by Crippen LogP contribution is 2.25. The molecule has 3 aromatic rings. The van der Waals surface area contributed by atoms with E-state index in [1.807, 2.05) is 47.4 Å². The third-order valence-electron chi connectivity index (χ3n) is 6.86. The van der Waals surface area contributed by atoms with Gasteiger partial charge in [0.25, 0.3) is 11.8 Å². The number of amides is 2. The number of aromatic nitrogens is 1. The number of carbonyl (C=O) groups excluding carboxylic acids is 2. The molecule has 2 N–H and O–H groups in total. The molecule has 0 saturated heterocycles. The van der Waals surface area contributed by atoms with Gasteiger partial charge in [0.15, 0.2) is 6.61 Å². The first-order chi connectivity index (χ1) is 19.0. The van der Waals surface area contributed by atoms with Crippen molar-refractivity contribution in [2.24, 2.45) is 5.92 Å². The molecule has 208 valence electrons. The van der Waals surface area contributed by atoms with Crippen molar-refractivity contribution in [3.63, 3.8) is 0 Å². The Morgan fingerprint density at radius 1 is 1.08 bits per heavy atom. The summed E-state index contributed by atoms with van der Waals surface area (Å²) in [4.78, 5) is 28.3. The molecular weight excluding hydrogens is 492 g/mol. The Hall–Kier alpha value is -3.65. The van der Waals surface area contributed by atoms with Gasteiger partial charge in [-0.05, 0) is 67.6 Å². The van der Waals surface area contributed by atoms with E-state index in [9.17, 15) is 9.59 Å². The van der Waals surface area contributed by atoms with Gasteiger partial charge in [0.05, 0.1) is 5.69 Å². The molecule has 8 nitrogen and oxygen atoms in total. The van der Waals surface area contributed by atoms with E-state index in [1.165, 1.54) is 0 Å². The van der Waals surface area contributed by atoms with Gasteiger partial charge in [0.2, 0.25) is 0 Å². The Labute approximate surface area is 231 Å². The van der Waals surface area contributed by atoms with Gasteiger partial charge in [-0.1, -0.05) is 56.5 Å². The first-order valence-corrected chi connectivity index (χ1v) is 14.0. The average Bonchev–Trinajstić information content (AvgIpc) is 3.37. The summed E-state index contributed by atoms with van der Waals surface area (Å²) in [5.41, 5.74) is 4.05. The SMILES string of the molecule is CC(C)Cc1nocc1CNC(=O)c1ccc2c(c1)CNCCCCCCCN2C(=O)COc1ccccc1. The standard InChI is InChI=1S/C31H40N4O4/c1-23(2)17-28-26(21-39-34-28)20-33-31(37)24-13-14-29-25(18-24)19-32-15-9-4-3-5-10-16-35(29)30(36)22-38-27-11-7-6-8-12-27/h6-8,11-14,18,21,23,32H,3-5,9-10,15-17,19-20,22H2,1-2H3,(H,33,37). The monoisotopic (exact) mass is 532 g/mol. The molecule has 39 heavy (non-hydrogen) atoms. The second-order valence-corrected chi connectivity index (χ2v) is 10.5. The Morgan fingerprint density at radius 3 is 2.69 bits per heavy atom. The number of fused-ring (bicyclic) bond motifs is 1. The number of hydrogen-bond acceptors (Lipinski definition) is 6. The van der Waals surface area contributed by atoms with Crippen molar-refractivity contribution < 1.29 is 18.8 Å².